The highest BCUT2D eigenvalue weighted by Gasteiger charge is 2.38. The number of nitrogens with one attached hydrogen (secondary N) is 1. The zero-order valence-electron chi connectivity index (χ0n) is 8.71. The Morgan fingerprint density at radius 2 is 2.24 bits per heavy atom. The molecule has 0 fully saturated rings. The second-order valence-electron chi connectivity index (χ2n) is 3.91. The predicted molar refractivity (Wildman–Crippen MR) is 58.1 cm³/mol. The molecule has 1 amide bonds. The Balaban J connectivity index is 2.18. The van der Waals surface area contributed by atoms with Crippen LogP contribution in [0.25, 0.3) is 0 Å². The molecule has 0 bridgehead atoms. The zero-order valence-corrected chi connectivity index (χ0v) is 9.47. The molecule has 92 valence electrons. The maximum atomic E-state index is 12.5. The van der Waals surface area contributed by atoms with Gasteiger partial charge < -0.3 is 10.4 Å². The number of alkyl halides is 3. The number of hydrogen-bond acceptors (Lipinski definition) is 2. The third kappa shape index (κ3) is 2.34. The van der Waals surface area contributed by atoms with E-state index in [2.05, 4.69) is 16.9 Å². The van der Waals surface area contributed by atoms with Gasteiger partial charge in [-0.2, -0.15) is 8.78 Å². The number of phenols is 1. The lowest BCUT2D eigenvalue weighted by atomic mass is 10.1. The van der Waals surface area contributed by atoms with Crippen molar-refractivity contribution in [2.45, 2.75) is 24.3 Å². The first-order chi connectivity index (χ1) is 7.89. The molecule has 1 aromatic rings. The highest BCUT2D eigenvalue weighted by atomic mass is 35.5. The van der Waals surface area contributed by atoms with Gasteiger partial charge in [0.1, 0.15) is 5.75 Å². The van der Waals surface area contributed by atoms with Gasteiger partial charge in [0.25, 0.3) is 0 Å². The van der Waals surface area contributed by atoms with Gasteiger partial charge in [-0.25, -0.2) is 0 Å². The summed E-state index contributed by atoms with van der Waals surface area (Å²) in [5, 5.41) is 7.82. The van der Waals surface area contributed by atoms with Gasteiger partial charge in [0.15, 0.2) is 0 Å². The number of carbonyl (C=O) groups excluding carboxylic acids is 1. The fourth-order valence-corrected chi connectivity index (χ4v) is 2.08. The van der Waals surface area contributed by atoms with Crippen molar-refractivity contribution in [3.63, 3.8) is 0 Å². The van der Waals surface area contributed by atoms with Gasteiger partial charge in [0, 0.05) is 0 Å². The van der Waals surface area contributed by atoms with Gasteiger partial charge in [0.05, 0.1) is 6.04 Å². The van der Waals surface area contributed by atoms with Crippen molar-refractivity contribution in [1.82, 2.24) is 5.32 Å². The first kappa shape index (κ1) is 12.1. The van der Waals surface area contributed by atoms with Crippen molar-refractivity contribution in [1.29, 1.82) is 0 Å². The molecule has 0 unspecified atom stereocenters. The molecule has 1 aromatic carbocycles. The molecule has 2 N–H and O–H groups in total. The van der Waals surface area contributed by atoms with Gasteiger partial charge in [-0.1, -0.05) is 12.1 Å². The number of halogens is 3. The van der Waals surface area contributed by atoms with Crippen molar-refractivity contribution < 1.29 is 18.7 Å². The lowest BCUT2D eigenvalue weighted by Gasteiger charge is -2.16. The van der Waals surface area contributed by atoms with Crippen molar-refractivity contribution in [3.8, 4) is 5.75 Å². The number of aromatic hydroxyl groups is 1. The van der Waals surface area contributed by atoms with Gasteiger partial charge in [-0.3, -0.25) is 4.79 Å². The maximum Gasteiger partial charge on any atom is 0.399 e. The van der Waals surface area contributed by atoms with E-state index in [1.807, 2.05) is 0 Å². The molecule has 1 atom stereocenters. The van der Waals surface area contributed by atoms with Crippen LogP contribution in [0.15, 0.2) is 18.2 Å². The summed E-state index contributed by atoms with van der Waals surface area (Å²) >= 11 is 4.63. The third-order valence-corrected chi connectivity index (χ3v) is 2.98. The van der Waals surface area contributed by atoms with E-state index in [-0.39, 0.29) is 5.75 Å². The number of rotatable bonds is 2. The lowest BCUT2D eigenvalue weighted by molar-refractivity contribution is -0.136. The average molecular weight is 262 g/mol. The normalized spacial score (nSPS) is 18.9. The number of hydrogen-bond donors (Lipinski definition) is 2. The summed E-state index contributed by atoms with van der Waals surface area (Å²) in [5.41, 5.74) is 1.36. The number of carbonyl (C=O) groups is 1. The molecule has 1 aliphatic carbocycles. The monoisotopic (exact) mass is 261 g/mol. The minimum Gasteiger partial charge on any atom is -0.508 e. The van der Waals surface area contributed by atoms with Gasteiger partial charge >= 0.3 is 11.3 Å². The lowest BCUT2D eigenvalue weighted by Crippen LogP contribution is -2.37. The average Bonchev–Trinajstić information content (AvgIpc) is 2.62. The Bertz CT molecular complexity index is 459. The molecule has 0 radical (unpaired) electrons. The first-order valence-electron chi connectivity index (χ1n) is 5.08. The van der Waals surface area contributed by atoms with Crippen LogP contribution in [0.4, 0.5) is 8.78 Å². The maximum absolute atomic E-state index is 12.5. The SMILES string of the molecule is O=C(N[C@@H]1CCc2c(O)cccc21)C(F)(F)Cl. The fourth-order valence-electron chi connectivity index (χ4n) is 2.03. The zero-order chi connectivity index (χ0) is 12.6. The van der Waals surface area contributed by atoms with Crippen molar-refractivity contribution in [2.75, 3.05) is 0 Å². The molecule has 2 rings (SSSR count). The molecule has 6 heteroatoms. The van der Waals surface area contributed by atoms with Crippen LogP contribution in [0.5, 0.6) is 5.75 Å². The summed E-state index contributed by atoms with van der Waals surface area (Å²) in [7, 11) is 0. The Morgan fingerprint density at radius 3 is 2.88 bits per heavy atom. The minimum absolute atomic E-state index is 0.122. The van der Waals surface area contributed by atoms with Crippen molar-refractivity contribution in [3.05, 3.63) is 29.3 Å². The van der Waals surface area contributed by atoms with E-state index < -0.39 is 17.3 Å². The molecule has 0 aromatic heterocycles. The van der Waals surface area contributed by atoms with E-state index >= 15 is 0 Å². The quantitative estimate of drug-likeness (QED) is 0.803. The molecule has 1 aliphatic rings. The number of amides is 1. The molecule has 3 nitrogen and oxygen atoms in total. The van der Waals surface area contributed by atoms with Gasteiger partial charge in [0.2, 0.25) is 0 Å². The Morgan fingerprint density at radius 1 is 1.53 bits per heavy atom. The van der Waals surface area contributed by atoms with Crippen molar-refractivity contribution >= 4 is 17.5 Å². The largest absolute Gasteiger partial charge is 0.508 e. The van der Waals surface area contributed by atoms with Gasteiger partial charge in [-0.15, -0.1) is 0 Å². The van der Waals surface area contributed by atoms with Crippen LogP contribution in [0.3, 0.4) is 0 Å². The molecule has 0 heterocycles. The van der Waals surface area contributed by atoms with Crippen LogP contribution in [-0.4, -0.2) is 16.4 Å². The van der Waals surface area contributed by atoms with Crippen LogP contribution in [-0.2, 0) is 11.2 Å². The van der Waals surface area contributed by atoms with E-state index in [0.717, 1.165) is 0 Å². The Hall–Kier alpha value is -1.36. The summed E-state index contributed by atoms with van der Waals surface area (Å²) < 4.78 is 25.1. The Labute approximate surface area is 101 Å². The molecule has 0 spiro atoms. The predicted octanol–water partition coefficient (Wildman–Crippen LogP) is 2.33. The van der Waals surface area contributed by atoms with Crippen LogP contribution in [0.1, 0.15) is 23.6 Å². The highest BCUT2D eigenvalue weighted by molar-refractivity contribution is 6.32. The topological polar surface area (TPSA) is 49.3 Å². The van der Waals surface area contributed by atoms with E-state index in [9.17, 15) is 18.7 Å². The number of fused-ring (bicyclic) bond motifs is 1. The molecule has 17 heavy (non-hydrogen) atoms. The molecular formula is C11H10ClF2NO2. The van der Waals surface area contributed by atoms with Gasteiger partial charge in [-0.05, 0) is 41.6 Å². The molecule has 0 saturated carbocycles. The second kappa shape index (κ2) is 4.14. The molecule has 0 aliphatic heterocycles. The molecular weight excluding hydrogens is 252 g/mol. The summed E-state index contributed by atoms with van der Waals surface area (Å²) in [4.78, 5) is 11.1. The smallest absolute Gasteiger partial charge is 0.399 e. The first-order valence-corrected chi connectivity index (χ1v) is 5.46. The highest BCUT2D eigenvalue weighted by Crippen LogP contribution is 2.36. The van der Waals surface area contributed by atoms with E-state index in [0.29, 0.717) is 24.0 Å². The van der Waals surface area contributed by atoms with E-state index in [1.54, 1.807) is 12.1 Å². The van der Waals surface area contributed by atoms with Crippen LogP contribution < -0.4 is 5.32 Å². The second-order valence-corrected chi connectivity index (χ2v) is 4.38. The van der Waals surface area contributed by atoms with Crippen LogP contribution >= 0.6 is 11.6 Å². The summed E-state index contributed by atoms with van der Waals surface area (Å²) in [6, 6.07) is 4.31. The summed E-state index contributed by atoms with van der Waals surface area (Å²) in [6.07, 6.45) is 1.02. The van der Waals surface area contributed by atoms with Crippen LogP contribution in [0, 0.1) is 0 Å². The Kier molecular flexibility index (Phi) is 2.95. The minimum atomic E-state index is -3.90. The number of phenolic OH excluding ortho intramolecular Hbond substituents is 1. The van der Waals surface area contributed by atoms with Crippen LogP contribution in [0.2, 0.25) is 0 Å². The van der Waals surface area contributed by atoms with E-state index in [4.69, 9.17) is 0 Å². The molecule has 0 saturated heterocycles. The summed E-state index contributed by atoms with van der Waals surface area (Å²) in [5.74, 6) is -1.39. The summed E-state index contributed by atoms with van der Waals surface area (Å²) in [6.45, 7) is 0. The third-order valence-electron chi connectivity index (χ3n) is 2.81. The van der Waals surface area contributed by atoms with Crippen molar-refractivity contribution in [2.24, 2.45) is 0 Å². The van der Waals surface area contributed by atoms with E-state index in [1.165, 1.54) is 6.07 Å². The number of benzene rings is 1. The standard InChI is InChI=1S/C11H10ClF2NO2/c12-11(13,14)10(17)15-8-5-4-7-6(8)2-1-3-9(7)16/h1-3,8,16H,4-5H2,(H,15,17)/t8-/m1/s1. The fraction of sp³-hybridized carbons (Fsp3) is 0.364.